The number of hydrogen-bond acceptors (Lipinski definition) is 5. The van der Waals surface area contributed by atoms with Crippen LogP contribution in [0, 0.1) is 11.7 Å². The second-order valence-corrected chi connectivity index (χ2v) is 5.41. The smallest absolute Gasteiger partial charge is 0.249 e. The highest BCUT2D eigenvalue weighted by atomic mass is 19.1. The molecule has 0 amide bonds. The van der Waals surface area contributed by atoms with Crippen LogP contribution in [-0.4, -0.2) is 28.3 Å². The highest BCUT2D eigenvalue weighted by molar-refractivity contribution is 5.55. The molecule has 1 aliphatic heterocycles. The Morgan fingerprint density at radius 1 is 1.24 bits per heavy atom. The molecule has 0 saturated carbocycles. The van der Waals surface area contributed by atoms with E-state index in [0.29, 0.717) is 11.6 Å². The Kier molecular flexibility index (Phi) is 3.94. The number of nitrogens with zero attached hydrogens (tertiary/aromatic N) is 4. The van der Waals surface area contributed by atoms with E-state index in [2.05, 4.69) is 32.3 Å². The van der Waals surface area contributed by atoms with Crippen molar-refractivity contribution < 1.29 is 4.39 Å². The number of nitrogens with one attached hydrogen (secondary N) is 1. The summed E-state index contributed by atoms with van der Waals surface area (Å²) < 4.78 is 13.6. The molecule has 1 aliphatic rings. The van der Waals surface area contributed by atoms with E-state index in [0.717, 1.165) is 37.7 Å². The number of anilines is 3. The van der Waals surface area contributed by atoms with Gasteiger partial charge in [0.2, 0.25) is 5.95 Å². The van der Waals surface area contributed by atoms with Crippen LogP contribution in [0.3, 0.4) is 0 Å². The monoisotopic (exact) mass is 287 g/mol. The summed E-state index contributed by atoms with van der Waals surface area (Å²) in [5, 5.41) is 10.8. The molecule has 1 saturated heterocycles. The van der Waals surface area contributed by atoms with Crippen molar-refractivity contribution >= 4 is 17.5 Å². The van der Waals surface area contributed by atoms with Crippen molar-refractivity contribution in [1.29, 1.82) is 0 Å². The van der Waals surface area contributed by atoms with Gasteiger partial charge in [-0.2, -0.15) is 10.1 Å². The maximum absolute atomic E-state index is 13.6. The fourth-order valence-electron chi connectivity index (χ4n) is 2.42. The van der Waals surface area contributed by atoms with E-state index in [-0.39, 0.29) is 5.82 Å². The lowest BCUT2D eigenvalue weighted by Gasteiger charge is -2.30. The van der Waals surface area contributed by atoms with Crippen LogP contribution in [0.2, 0.25) is 0 Å². The molecule has 3 rings (SSSR count). The second-order valence-electron chi connectivity index (χ2n) is 5.41. The minimum atomic E-state index is -0.335. The quantitative estimate of drug-likeness (QED) is 0.940. The number of halogens is 1. The molecule has 6 heteroatoms. The molecule has 0 unspecified atom stereocenters. The average Bonchev–Trinajstić information content (AvgIpc) is 2.51. The maximum atomic E-state index is 13.6. The van der Waals surface area contributed by atoms with Crippen molar-refractivity contribution in [3.63, 3.8) is 0 Å². The third-order valence-electron chi connectivity index (χ3n) is 3.77. The molecular weight excluding hydrogens is 269 g/mol. The summed E-state index contributed by atoms with van der Waals surface area (Å²) in [6.45, 7) is 4.21. The number of para-hydroxylation sites is 1. The lowest BCUT2D eigenvalue weighted by molar-refractivity contribution is 0.436. The van der Waals surface area contributed by atoms with Gasteiger partial charge < -0.3 is 10.2 Å². The molecule has 1 fully saturated rings. The van der Waals surface area contributed by atoms with Gasteiger partial charge in [-0.1, -0.05) is 19.1 Å². The number of aromatic nitrogens is 3. The van der Waals surface area contributed by atoms with Crippen LogP contribution >= 0.6 is 0 Å². The summed E-state index contributed by atoms with van der Waals surface area (Å²) in [7, 11) is 0. The van der Waals surface area contributed by atoms with E-state index in [1.807, 2.05) is 0 Å². The molecule has 0 atom stereocenters. The van der Waals surface area contributed by atoms with Gasteiger partial charge in [0.05, 0.1) is 11.9 Å². The predicted octanol–water partition coefficient (Wildman–Crippen LogP) is 2.99. The van der Waals surface area contributed by atoms with Crippen molar-refractivity contribution in [1.82, 2.24) is 15.2 Å². The first-order chi connectivity index (χ1) is 10.2. The standard InChI is InChI=1S/C15H18FN5/c1-11-6-8-21(9-7-11)14-10-17-20-15(19-14)18-13-5-3-2-4-12(13)16/h2-5,10-11H,6-9H2,1H3,(H,18,19,20). The molecule has 0 bridgehead atoms. The van der Waals surface area contributed by atoms with Crippen LogP contribution in [0.4, 0.5) is 21.8 Å². The second kappa shape index (κ2) is 6.03. The van der Waals surface area contributed by atoms with Crippen LogP contribution in [0.1, 0.15) is 19.8 Å². The van der Waals surface area contributed by atoms with Gasteiger partial charge in [-0.3, -0.25) is 0 Å². The molecule has 0 radical (unpaired) electrons. The highest BCUT2D eigenvalue weighted by Gasteiger charge is 2.17. The van der Waals surface area contributed by atoms with Crippen molar-refractivity contribution in [3.8, 4) is 0 Å². The molecule has 0 spiro atoms. The van der Waals surface area contributed by atoms with Crippen molar-refractivity contribution in [2.24, 2.45) is 5.92 Å². The molecule has 21 heavy (non-hydrogen) atoms. The Morgan fingerprint density at radius 2 is 2.00 bits per heavy atom. The summed E-state index contributed by atoms with van der Waals surface area (Å²) in [5.41, 5.74) is 0.351. The Balaban J connectivity index is 1.76. The third-order valence-corrected chi connectivity index (χ3v) is 3.77. The van der Waals surface area contributed by atoms with E-state index < -0.39 is 0 Å². The normalized spacial score (nSPS) is 16.0. The van der Waals surface area contributed by atoms with E-state index in [1.165, 1.54) is 6.07 Å². The van der Waals surface area contributed by atoms with Crippen molar-refractivity contribution in [2.45, 2.75) is 19.8 Å². The fraction of sp³-hybridized carbons (Fsp3) is 0.400. The summed E-state index contributed by atoms with van der Waals surface area (Å²) in [4.78, 5) is 6.63. The van der Waals surface area contributed by atoms with Gasteiger partial charge in [0, 0.05) is 13.1 Å². The predicted molar refractivity (Wildman–Crippen MR) is 80.1 cm³/mol. The molecular formula is C15H18FN5. The van der Waals surface area contributed by atoms with Gasteiger partial charge in [0.1, 0.15) is 5.82 Å². The van der Waals surface area contributed by atoms with Crippen molar-refractivity contribution in [3.05, 3.63) is 36.3 Å². The number of piperidine rings is 1. The lowest BCUT2D eigenvalue weighted by Crippen LogP contribution is -2.33. The maximum Gasteiger partial charge on any atom is 0.249 e. The van der Waals surface area contributed by atoms with E-state index in [4.69, 9.17) is 0 Å². The van der Waals surface area contributed by atoms with Gasteiger partial charge >= 0.3 is 0 Å². The highest BCUT2D eigenvalue weighted by Crippen LogP contribution is 2.22. The van der Waals surface area contributed by atoms with Gasteiger partial charge in [-0.15, -0.1) is 5.10 Å². The molecule has 110 valence electrons. The van der Waals surface area contributed by atoms with Crippen LogP contribution in [0.15, 0.2) is 30.5 Å². The summed E-state index contributed by atoms with van der Waals surface area (Å²) >= 11 is 0. The summed E-state index contributed by atoms with van der Waals surface area (Å²) in [6.07, 6.45) is 3.96. The van der Waals surface area contributed by atoms with Gasteiger partial charge in [-0.05, 0) is 30.9 Å². The average molecular weight is 287 g/mol. The zero-order valence-electron chi connectivity index (χ0n) is 12.0. The van der Waals surface area contributed by atoms with E-state index >= 15 is 0 Å². The number of rotatable bonds is 3. The Morgan fingerprint density at radius 3 is 2.76 bits per heavy atom. The van der Waals surface area contributed by atoms with Gasteiger partial charge in [0.15, 0.2) is 5.82 Å². The molecule has 1 aromatic carbocycles. The first kappa shape index (κ1) is 13.7. The van der Waals surface area contributed by atoms with Gasteiger partial charge in [0.25, 0.3) is 0 Å². The molecule has 1 N–H and O–H groups in total. The molecule has 0 aliphatic carbocycles. The first-order valence-corrected chi connectivity index (χ1v) is 7.18. The minimum Gasteiger partial charge on any atom is -0.355 e. The van der Waals surface area contributed by atoms with Crippen LogP contribution in [-0.2, 0) is 0 Å². The first-order valence-electron chi connectivity index (χ1n) is 7.18. The van der Waals surface area contributed by atoms with E-state index in [1.54, 1.807) is 24.4 Å². The Labute approximate surface area is 123 Å². The molecule has 2 aromatic rings. The zero-order valence-corrected chi connectivity index (χ0v) is 12.0. The SMILES string of the molecule is CC1CCN(c2cnnc(Nc3ccccc3F)n2)CC1. The fourth-order valence-corrected chi connectivity index (χ4v) is 2.42. The Hall–Kier alpha value is -2.24. The lowest BCUT2D eigenvalue weighted by atomic mass is 9.99. The number of benzene rings is 1. The number of hydrogen-bond donors (Lipinski definition) is 1. The Bertz CT molecular complexity index is 611. The minimum absolute atomic E-state index is 0.316. The summed E-state index contributed by atoms with van der Waals surface area (Å²) in [6, 6.07) is 6.44. The largest absolute Gasteiger partial charge is 0.355 e. The van der Waals surface area contributed by atoms with Crippen LogP contribution < -0.4 is 10.2 Å². The molecule has 1 aromatic heterocycles. The van der Waals surface area contributed by atoms with Crippen LogP contribution in [0.5, 0.6) is 0 Å². The van der Waals surface area contributed by atoms with Crippen molar-refractivity contribution in [2.75, 3.05) is 23.3 Å². The van der Waals surface area contributed by atoms with E-state index in [9.17, 15) is 4.39 Å². The summed E-state index contributed by atoms with van der Waals surface area (Å²) in [5.74, 6) is 1.53. The molecule has 5 nitrogen and oxygen atoms in total. The topological polar surface area (TPSA) is 53.9 Å². The van der Waals surface area contributed by atoms with Gasteiger partial charge in [-0.25, -0.2) is 4.39 Å². The van der Waals surface area contributed by atoms with Crippen LogP contribution in [0.25, 0.3) is 0 Å². The zero-order chi connectivity index (χ0) is 14.7. The third kappa shape index (κ3) is 3.26. The molecule has 2 heterocycles.